The van der Waals surface area contributed by atoms with Crippen molar-refractivity contribution in [3.8, 4) is 0 Å². The second-order valence-corrected chi connectivity index (χ2v) is 4.33. The minimum atomic E-state index is -1.07. The molecule has 0 aromatic heterocycles. The highest BCUT2D eigenvalue weighted by Gasteiger charge is 2.57. The quantitative estimate of drug-likeness (QED) is 0.571. The Morgan fingerprint density at radius 1 is 1.42 bits per heavy atom. The van der Waals surface area contributed by atoms with Crippen molar-refractivity contribution in [2.24, 2.45) is 11.8 Å². The fraction of sp³-hybridized carbons (Fsp3) is 0.889. The Morgan fingerprint density at radius 3 is 3.08 bits per heavy atom. The van der Waals surface area contributed by atoms with E-state index in [0.29, 0.717) is 0 Å². The van der Waals surface area contributed by atoms with Gasteiger partial charge >= 0.3 is 0 Å². The van der Waals surface area contributed by atoms with Crippen molar-refractivity contribution in [2.75, 3.05) is 0 Å². The lowest BCUT2D eigenvalue weighted by Crippen LogP contribution is -2.43. The normalized spacial score (nSPS) is 56.4. The molecular weight excluding hydrogens is 156 g/mol. The maximum Gasteiger partial charge on any atom is 0.175 e. The summed E-state index contributed by atoms with van der Waals surface area (Å²) in [5, 5.41) is 9.94. The Morgan fingerprint density at radius 2 is 2.25 bits per heavy atom. The van der Waals surface area contributed by atoms with Gasteiger partial charge in [0.2, 0.25) is 0 Å². The van der Waals surface area contributed by atoms with E-state index < -0.39 is 5.79 Å². The molecule has 3 fully saturated rings. The molecule has 0 amide bonds. The van der Waals surface area contributed by atoms with Crippen LogP contribution < -0.4 is 0 Å². The number of ketones is 1. The van der Waals surface area contributed by atoms with Gasteiger partial charge in [-0.15, -0.1) is 0 Å². The highest BCUT2D eigenvalue weighted by atomic mass is 16.6. The van der Waals surface area contributed by atoms with Crippen molar-refractivity contribution in [3.63, 3.8) is 0 Å². The summed E-state index contributed by atoms with van der Waals surface area (Å²) in [6.07, 6.45) is 3.05. The highest BCUT2D eigenvalue weighted by Crippen LogP contribution is 2.51. The van der Waals surface area contributed by atoms with E-state index in [0.717, 1.165) is 19.3 Å². The van der Waals surface area contributed by atoms with Crippen molar-refractivity contribution in [1.29, 1.82) is 0 Å². The van der Waals surface area contributed by atoms with E-state index in [4.69, 9.17) is 4.74 Å². The van der Waals surface area contributed by atoms with Crippen LogP contribution in [0.2, 0.25) is 0 Å². The fourth-order valence-electron chi connectivity index (χ4n) is 2.96. The second-order valence-electron chi connectivity index (χ2n) is 4.33. The molecule has 1 N–H and O–H groups in total. The number of carbonyl (C=O) groups is 1. The minimum absolute atomic E-state index is 0.158. The Kier molecular flexibility index (Phi) is 1.12. The first kappa shape index (κ1) is 7.04. The summed E-state index contributed by atoms with van der Waals surface area (Å²) in [4.78, 5) is 11.4. The van der Waals surface area contributed by atoms with Crippen LogP contribution in [0.5, 0.6) is 0 Å². The Balaban J connectivity index is 2.04. The molecule has 4 atom stereocenters. The van der Waals surface area contributed by atoms with Gasteiger partial charge in [0, 0.05) is 11.8 Å². The smallest absolute Gasteiger partial charge is 0.175 e. The SMILES string of the molecule is O=C1CC2(O)OC3CC1CC2C3. The molecule has 3 bridgehead atoms. The molecule has 0 aromatic rings. The number of carbonyl (C=O) groups excluding carboxylic acids is 1. The summed E-state index contributed by atoms with van der Waals surface area (Å²) in [7, 11) is 0. The van der Waals surface area contributed by atoms with Crippen LogP contribution in [-0.2, 0) is 9.53 Å². The molecule has 1 aliphatic heterocycles. The van der Waals surface area contributed by atoms with Crippen LogP contribution in [0.25, 0.3) is 0 Å². The predicted molar refractivity (Wildman–Crippen MR) is 40.3 cm³/mol. The number of hydrogen-bond acceptors (Lipinski definition) is 3. The summed E-state index contributed by atoms with van der Waals surface area (Å²) in [6.45, 7) is 0. The van der Waals surface area contributed by atoms with Gasteiger partial charge in [-0.05, 0) is 19.3 Å². The van der Waals surface area contributed by atoms with Crippen molar-refractivity contribution in [1.82, 2.24) is 0 Å². The molecule has 1 saturated heterocycles. The van der Waals surface area contributed by atoms with Crippen LogP contribution in [0, 0.1) is 11.8 Å². The summed E-state index contributed by atoms with van der Waals surface area (Å²) < 4.78 is 5.47. The van der Waals surface area contributed by atoms with E-state index >= 15 is 0 Å². The monoisotopic (exact) mass is 168 g/mol. The number of aliphatic hydroxyl groups is 1. The van der Waals surface area contributed by atoms with E-state index in [1.807, 2.05) is 0 Å². The van der Waals surface area contributed by atoms with Crippen LogP contribution in [0.4, 0.5) is 0 Å². The topological polar surface area (TPSA) is 46.5 Å². The van der Waals surface area contributed by atoms with Crippen LogP contribution in [0.1, 0.15) is 25.7 Å². The molecule has 3 rings (SSSR count). The highest BCUT2D eigenvalue weighted by molar-refractivity contribution is 5.83. The van der Waals surface area contributed by atoms with Crippen molar-refractivity contribution in [2.45, 2.75) is 37.6 Å². The maximum atomic E-state index is 11.4. The molecule has 2 aliphatic carbocycles. The molecule has 2 saturated carbocycles. The summed E-state index contributed by atoms with van der Waals surface area (Å²) >= 11 is 0. The largest absolute Gasteiger partial charge is 0.365 e. The number of ether oxygens (including phenoxy) is 1. The summed E-state index contributed by atoms with van der Waals surface area (Å²) in [5.41, 5.74) is 0. The Bertz CT molecular complexity index is 250. The first-order chi connectivity index (χ1) is 5.67. The number of rotatable bonds is 0. The van der Waals surface area contributed by atoms with Crippen LogP contribution in [0.3, 0.4) is 0 Å². The van der Waals surface area contributed by atoms with E-state index in [9.17, 15) is 9.90 Å². The van der Waals surface area contributed by atoms with E-state index in [1.165, 1.54) is 0 Å². The fourth-order valence-corrected chi connectivity index (χ4v) is 2.96. The van der Waals surface area contributed by atoms with Crippen molar-refractivity contribution < 1.29 is 14.6 Å². The lowest BCUT2D eigenvalue weighted by atomic mass is 9.70. The predicted octanol–water partition coefficient (Wildman–Crippen LogP) is 0.463. The van der Waals surface area contributed by atoms with Crippen LogP contribution >= 0.6 is 0 Å². The van der Waals surface area contributed by atoms with E-state index in [1.54, 1.807) is 0 Å². The molecule has 0 radical (unpaired) electrons. The van der Waals surface area contributed by atoms with Crippen molar-refractivity contribution in [3.05, 3.63) is 0 Å². The zero-order valence-electron chi connectivity index (χ0n) is 6.82. The first-order valence-electron chi connectivity index (χ1n) is 4.60. The van der Waals surface area contributed by atoms with Crippen molar-refractivity contribution >= 4 is 5.78 Å². The van der Waals surface area contributed by atoms with Gasteiger partial charge in [0.15, 0.2) is 5.79 Å². The first-order valence-corrected chi connectivity index (χ1v) is 4.60. The third-order valence-electron chi connectivity index (χ3n) is 3.56. The standard InChI is InChI=1S/C9H12O3/c10-8-4-9(11)6-1-5(8)2-7(3-6)12-9/h5-7,11H,1-4H2. The average molecular weight is 168 g/mol. The molecule has 12 heavy (non-hydrogen) atoms. The van der Waals surface area contributed by atoms with Gasteiger partial charge in [-0.2, -0.15) is 0 Å². The van der Waals surface area contributed by atoms with Gasteiger partial charge in [0.1, 0.15) is 5.78 Å². The molecule has 1 heterocycles. The summed E-state index contributed by atoms with van der Waals surface area (Å²) in [5.74, 6) is -0.444. The van der Waals surface area contributed by atoms with Gasteiger partial charge in [-0.1, -0.05) is 0 Å². The zero-order valence-corrected chi connectivity index (χ0v) is 6.82. The molecule has 4 unspecified atom stereocenters. The molecule has 66 valence electrons. The van der Waals surface area contributed by atoms with Gasteiger partial charge in [0.25, 0.3) is 0 Å². The van der Waals surface area contributed by atoms with Gasteiger partial charge in [-0.3, -0.25) is 4.79 Å². The van der Waals surface area contributed by atoms with Crippen LogP contribution in [-0.4, -0.2) is 22.8 Å². The Hall–Kier alpha value is -0.410. The van der Waals surface area contributed by atoms with E-state index in [2.05, 4.69) is 0 Å². The maximum absolute atomic E-state index is 11.4. The lowest BCUT2D eigenvalue weighted by molar-refractivity contribution is -0.211. The zero-order chi connectivity index (χ0) is 8.34. The van der Waals surface area contributed by atoms with Crippen LogP contribution in [0.15, 0.2) is 0 Å². The third-order valence-corrected chi connectivity index (χ3v) is 3.56. The summed E-state index contributed by atoms with van der Waals surface area (Å²) in [6, 6.07) is 0. The molecule has 3 heteroatoms. The number of Topliss-reactive ketones (excluding diaryl/α,β-unsaturated/α-hetero) is 1. The van der Waals surface area contributed by atoms with Gasteiger partial charge < -0.3 is 9.84 Å². The average Bonchev–Trinajstić information content (AvgIpc) is 2.16. The lowest BCUT2D eigenvalue weighted by Gasteiger charge is -2.35. The number of fused-ring (bicyclic) bond motifs is 2. The molecule has 3 aliphatic rings. The van der Waals surface area contributed by atoms with Gasteiger partial charge in [0.05, 0.1) is 12.5 Å². The molecule has 3 nitrogen and oxygen atoms in total. The second kappa shape index (κ2) is 1.91. The molecule has 0 spiro atoms. The van der Waals surface area contributed by atoms with E-state index in [-0.39, 0.29) is 30.1 Å². The molecule has 0 aromatic carbocycles. The minimum Gasteiger partial charge on any atom is -0.365 e. The third kappa shape index (κ3) is 0.709. The number of hydrogen-bond donors (Lipinski definition) is 1. The Labute approximate surface area is 70.7 Å². The molecular formula is C9H12O3. The van der Waals surface area contributed by atoms with Gasteiger partial charge in [-0.25, -0.2) is 0 Å².